The van der Waals surface area contributed by atoms with E-state index in [0.717, 1.165) is 25.7 Å². The van der Waals surface area contributed by atoms with Crippen molar-refractivity contribution >= 4 is 11.9 Å². The molecule has 0 saturated heterocycles. The SMILES string of the molecule is CC(C)C[C@H](CNC(=O)C1CCCC1(C)C)CC(=O)O. The van der Waals surface area contributed by atoms with Crippen LogP contribution < -0.4 is 5.32 Å². The number of carboxylic acid groups (broad SMARTS) is 1. The summed E-state index contributed by atoms with van der Waals surface area (Å²) in [5, 5.41) is 11.9. The summed E-state index contributed by atoms with van der Waals surface area (Å²) in [5.74, 6) is -0.134. The van der Waals surface area contributed by atoms with Crippen molar-refractivity contribution in [2.75, 3.05) is 6.54 Å². The van der Waals surface area contributed by atoms with Gasteiger partial charge in [-0.3, -0.25) is 9.59 Å². The maximum absolute atomic E-state index is 12.3. The molecule has 1 saturated carbocycles. The lowest BCUT2D eigenvalue weighted by Crippen LogP contribution is -2.39. The molecule has 0 aliphatic heterocycles. The predicted molar refractivity (Wildman–Crippen MR) is 79.3 cm³/mol. The summed E-state index contributed by atoms with van der Waals surface area (Å²) in [7, 11) is 0. The van der Waals surface area contributed by atoms with E-state index in [4.69, 9.17) is 5.11 Å². The molecule has 1 amide bonds. The molecule has 2 N–H and O–H groups in total. The number of aliphatic carboxylic acids is 1. The van der Waals surface area contributed by atoms with E-state index in [9.17, 15) is 9.59 Å². The second-order valence-electron chi connectivity index (χ2n) is 7.27. The molecule has 0 aromatic rings. The van der Waals surface area contributed by atoms with E-state index < -0.39 is 5.97 Å². The first kappa shape index (κ1) is 17.0. The van der Waals surface area contributed by atoms with Crippen LogP contribution in [0.3, 0.4) is 0 Å². The highest BCUT2D eigenvalue weighted by molar-refractivity contribution is 5.79. The molecule has 0 heterocycles. The third-order valence-electron chi connectivity index (χ3n) is 4.41. The lowest BCUT2D eigenvalue weighted by molar-refractivity contribution is -0.138. The Morgan fingerprint density at radius 2 is 2.00 bits per heavy atom. The summed E-state index contributed by atoms with van der Waals surface area (Å²) >= 11 is 0. The molecule has 20 heavy (non-hydrogen) atoms. The van der Waals surface area contributed by atoms with E-state index in [1.807, 2.05) is 0 Å². The van der Waals surface area contributed by atoms with Crippen LogP contribution in [0.5, 0.6) is 0 Å². The Morgan fingerprint density at radius 1 is 1.35 bits per heavy atom. The molecule has 116 valence electrons. The van der Waals surface area contributed by atoms with Crippen LogP contribution in [0.4, 0.5) is 0 Å². The number of hydrogen-bond donors (Lipinski definition) is 2. The van der Waals surface area contributed by atoms with E-state index in [1.54, 1.807) is 0 Å². The van der Waals surface area contributed by atoms with Gasteiger partial charge in [0.1, 0.15) is 0 Å². The van der Waals surface area contributed by atoms with Crippen molar-refractivity contribution in [3.8, 4) is 0 Å². The van der Waals surface area contributed by atoms with Crippen molar-refractivity contribution in [1.29, 1.82) is 0 Å². The van der Waals surface area contributed by atoms with E-state index in [1.165, 1.54) is 0 Å². The molecule has 0 bridgehead atoms. The number of rotatable bonds is 7. The van der Waals surface area contributed by atoms with Crippen LogP contribution in [0.1, 0.15) is 59.8 Å². The van der Waals surface area contributed by atoms with Crippen molar-refractivity contribution in [3.63, 3.8) is 0 Å². The zero-order chi connectivity index (χ0) is 15.3. The summed E-state index contributed by atoms with van der Waals surface area (Å²) in [6.45, 7) is 8.93. The minimum Gasteiger partial charge on any atom is -0.481 e. The Balaban J connectivity index is 2.49. The lowest BCUT2D eigenvalue weighted by atomic mass is 9.81. The molecule has 1 aliphatic rings. The number of hydrogen-bond acceptors (Lipinski definition) is 2. The molecular weight excluding hydrogens is 254 g/mol. The van der Waals surface area contributed by atoms with Crippen LogP contribution in [0.25, 0.3) is 0 Å². The monoisotopic (exact) mass is 283 g/mol. The van der Waals surface area contributed by atoms with Gasteiger partial charge in [0.15, 0.2) is 0 Å². The number of amides is 1. The Hall–Kier alpha value is -1.06. The smallest absolute Gasteiger partial charge is 0.303 e. The molecule has 4 nitrogen and oxygen atoms in total. The van der Waals surface area contributed by atoms with Crippen molar-refractivity contribution < 1.29 is 14.7 Å². The summed E-state index contributed by atoms with van der Waals surface area (Å²) in [5.41, 5.74) is 0.0738. The first-order valence-electron chi connectivity index (χ1n) is 7.72. The molecule has 0 aromatic heterocycles. The highest BCUT2D eigenvalue weighted by Crippen LogP contribution is 2.42. The first-order valence-corrected chi connectivity index (χ1v) is 7.72. The third kappa shape index (κ3) is 5.14. The largest absolute Gasteiger partial charge is 0.481 e. The van der Waals surface area contributed by atoms with E-state index in [0.29, 0.717) is 12.5 Å². The quantitative estimate of drug-likeness (QED) is 0.754. The lowest BCUT2D eigenvalue weighted by Gasteiger charge is -2.27. The summed E-state index contributed by atoms with van der Waals surface area (Å²) in [6, 6.07) is 0. The van der Waals surface area contributed by atoms with Crippen LogP contribution in [0.2, 0.25) is 0 Å². The molecule has 2 atom stereocenters. The summed E-state index contributed by atoms with van der Waals surface area (Å²) in [4.78, 5) is 23.2. The van der Waals surface area contributed by atoms with Crippen molar-refractivity contribution in [1.82, 2.24) is 5.32 Å². The number of carbonyl (C=O) groups excluding carboxylic acids is 1. The van der Waals surface area contributed by atoms with Gasteiger partial charge in [0.25, 0.3) is 0 Å². The first-order chi connectivity index (χ1) is 9.22. The van der Waals surface area contributed by atoms with E-state index in [-0.39, 0.29) is 29.6 Å². The minimum atomic E-state index is -0.786. The average Bonchev–Trinajstić information content (AvgIpc) is 2.64. The van der Waals surface area contributed by atoms with Crippen LogP contribution in [0, 0.1) is 23.2 Å². The second kappa shape index (κ2) is 7.09. The molecule has 1 aliphatic carbocycles. The second-order valence-corrected chi connectivity index (χ2v) is 7.27. The number of carboxylic acids is 1. The molecule has 1 rings (SSSR count). The molecular formula is C16H29NO3. The van der Waals surface area contributed by atoms with Gasteiger partial charge in [-0.15, -0.1) is 0 Å². The predicted octanol–water partition coefficient (Wildman–Crippen LogP) is 3.07. The zero-order valence-electron chi connectivity index (χ0n) is 13.2. The molecule has 0 aromatic carbocycles. The number of carbonyl (C=O) groups is 2. The fraction of sp³-hybridized carbons (Fsp3) is 0.875. The van der Waals surface area contributed by atoms with Crippen molar-refractivity contribution in [2.24, 2.45) is 23.2 Å². The van der Waals surface area contributed by atoms with Gasteiger partial charge in [-0.1, -0.05) is 34.1 Å². The maximum Gasteiger partial charge on any atom is 0.303 e. The Bertz CT molecular complexity index is 350. The fourth-order valence-corrected chi connectivity index (χ4v) is 3.33. The van der Waals surface area contributed by atoms with E-state index in [2.05, 4.69) is 33.0 Å². The van der Waals surface area contributed by atoms with Gasteiger partial charge in [-0.05, 0) is 36.5 Å². The molecule has 0 spiro atoms. The Labute approximate surface area is 122 Å². The van der Waals surface area contributed by atoms with Gasteiger partial charge >= 0.3 is 5.97 Å². The maximum atomic E-state index is 12.3. The Kier molecular flexibility index (Phi) is 6.03. The van der Waals surface area contributed by atoms with Gasteiger partial charge in [-0.2, -0.15) is 0 Å². The molecule has 1 unspecified atom stereocenters. The molecule has 1 fully saturated rings. The van der Waals surface area contributed by atoms with E-state index >= 15 is 0 Å². The van der Waals surface area contributed by atoms with Crippen LogP contribution in [0.15, 0.2) is 0 Å². The zero-order valence-corrected chi connectivity index (χ0v) is 13.2. The topological polar surface area (TPSA) is 66.4 Å². The average molecular weight is 283 g/mol. The van der Waals surface area contributed by atoms with Gasteiger partial charge in [-0.25, -0.2) is 0 Å². The summed E-state index contributed by atoms with van der Waals surface area (Å²) in [6.07, 6.45) is 4.12. The van der Waals surface area contributed by atoms with Crippen LogP contribution in [-0.4, -0.2) is 23.5 Å². The van der Waals surface area contributed by atoms with Gasteiger partial charge in [0, 0.05) is 18.9 Å². The fourth-order valence-electron chi connectivity index (χ4n) is 3.33. The normalized spacial score (nSPS) is 22.8. The highest BCUT2D eigenvalue weighted by atomic mass is 16.4. The Morgan fingerprint density at radius 3 is 2.45 bits per heavy atom. The van der Waals surface area contributed by atoms with Gasteiger partial charge in [0.2, 0.25) is 5.91 Å². The minimum absolute atomic E-state index is 0.0287. The van der Waals surface area contributed by atoms with Crippen molar-refractivity contribution in [3.05, 3.63) is 0 Å². The molecule has 4 heteroatoms. The summed E-state index contributed by atoms with van der Waals surface area (Å²) < 4.78 is 0. The van der Waals surface area contributed by atoms with Gasteiger partial charge < -0.3 is 10.4 Å². The molecule has 0 radical (unpaired) electrons. The number of nitrogens with one attached hydrogen (secondary N) is 1. The van der Waals surface area contributed by atoms with Crippen LogP contribution in [-0.2, 0) is 9.59 Å². The highest BCUT2D eigenvalue weighted by Gasteiger charge is 2.39. The van der Waals surface area contributed by atoms with Gasteiger partial charge in [0.05, 0.1) is 0 Å². The third-order valence-corrected chi connectivity index (χ3v) is 4.41. The van der Waals surface area contributed by atoms with Crippen molar-refractivity contribution in [2.45, 2.75) is 59.8 Å². The standard InChI is InChI=1S/C16H29NO3/c1-11(2)8-12(9-14(18)19)10-17-15(20)13-6-5-7-16(13,3)4/h11-13H,5-10H2,1-4H3,(H,17,20)(H,18,19)/t12-,13?/m0/s1. The van der Waals surface area contributed by atoms with Crippen LogP contribution >= 0.6 is 0 Å².